The number of hydrogen-bond acceptors (Lipinski definition) is 3. The smallest absolute Gasteiger partial charge is 0.318 e. The van der Waals surface area contributed by atoms with Crippen molar-refractivity contribution in [1.29, 1.82) is 0 Å². The Balaban J connectivity index is 2.91. The molecule has 0 fully saturated rings. The van der Waals surface area contributed by atoms with E-state index in [1.807, 2.05) is 6.92 Å². The van der Waals surface area contributed by atoms with E-state index >= 15 is 0 Å². The molecule has 0 unspecified atom stereocenters. The number of carboxylic acid groups (broad SMARTS) is 1. The molecule has 1 aromatic rings. The summed E-state index contributed by atoms with van der Waals surface area (Å²) in [5.41, 5.74) is 0.626. The molecule has 7 heteroatoms. The van der Waals surface area contributed by atoms with Gasteiger partial charge in [0.1, 0.15) is 6.54 Å². The summed E-state index contributed by atoms with van der Waals surface area (Å²) in [5, 5.41) is 8.77. The molecule has 0 aromatic heterocycles. The van der Waals surface area contributed by atoms with Gasteiger partial charge in [-0.05, 0) is 24.1 Å². The van der Waals surface area contributed by atoms with E-state index in [0.29, 0.717) is 12.0 Å². The molecule has 5 nitrogen and oxygen atoms in total. The van der Waals surface area contributed by atoms with Crippen molar-refractivity contribution in [3.8, 4) is 0 Å². The molecule has 0 aliphatic carbocycles. The summed E-state index contributed by atoms with van der Waals surface area (Å²) in [6.07, 6.45) is 0.574. The zero-order valence-corrected chi connectivity index (χ0v) is 12.9. The average Bonchev–Trinajstić information content (AvgIpc) is 2.27. The number of nitrogens with zero attached hydrogens (tertiary/aromatic N) is 1. The molecule has 19 heavy (non-hydrogen) atoms. The van der Waals surface area contributed by atoms with E-state index in [2.05, 4.69) is 15.9 Å². The standard InChI is InChI=1S/C12H16BrNO4S/c1-2-6-14(8-12(15)16)19(17,18)9-10-4-3-5-11(13)7-10/h3-5,7H,2,6,8-9H2,1H3,(H,15,16). The maximum atomic E-state index is 12.2. The van der Waals surface area contributed by atoms with Gasteiger partial charge < -0.3 is 5.11 Å². The van der Waals surface area contributed by atoms with Gasteiger partial charge in [0.15, 0.2) is 0 Å². The Morgan fingerprint density at radius 1 is 1.42 bits per heavy atom. The highest BCUT2D eigenvalue weighted by atomic mass is 79.9. The van der Waals surface area contributed by atoms with Gasteiger partial charge in [0.2, 0.25) is 10.0 Å². The Morgan fingerprint density at radius 3 is 2.63 bits per heavy atom. The third-order valence-corrected chi connectivity index (χ3v) is 4.71. The van der Waals surface area contributed by atoms with Crippen molar-refractivity contribution < 1.29 is 18.3 Å². The van der Waals surface area contributed by atoms with Crippen LogP contribution in [0.2, 0.25) is 0 Å². The van der Waals surface area contributed by atoms with Crippen molar-refractivity contribution in [2.75, 3.05) is 13.1 Å². The van der Waals surface area contributed by atoms with Crippen LogP contribution in [0.4, 0.5) is 0 Å². The summed E-state index contributed by atoms with van der Waals surface area (Å²) in [7, 11) is -3.62. The molecule has 0 aliphatic heterocycles. The van der Waals surface area contributed by atoms with Crippen LogP contribution in [-0.2, 0) is 20.6 Å². The maximum Gasteiger partial charge on any atom is 0.318 e. The topological polar surface area (TPSA) is 74.7 Å². The van der Waals surface area contributed by atoms with Gasteiger partial charge in [-0.25, -0.2) is 8.42 Å². The molecule has 0 heterocycles. The van der Waals surface area contributed by atoms with Crippen LogP contribution in [0.5, 0.6) is 0 Å². The van der Waals surface area contributed by atoms with E-state index in [1.165, 1.54) is 0 Å². The van der Waals surface area contributed by atoms with Crippen molar-refractivity contribution in [2.45, 2.75) is 19.1 Å². The predicted molar refractivity (Wildman–Crippen MR) is 76.3 cm³/mol. The van der Waals surface area contributed by atoms with E-state index in [1.54, 1.807) is 24.3 Å². The number of rotatable bonds is 7. The van der Waals surface area contributed by atoms with Gasteiger partial charge in [-0.1, -0.05) is 35.0 Å². The van der Waals surface area contributed by atoms with E-state index in [9.17, 15) is 13.2 Å². The highest BCUT2D eigenvalue weighted by molar-refractivity contribution is 9.10. The van der Waals surface area contributed by atoms with Crippen LogP contribution in [0, 0.1) is 0 Å². The molecule has 1 N–H and O–H groups in total. The summed E-state index contributed by atoms with van der Waals surface area (Å²) in [5.74, 6) is -1.34. The van der Waals surface area contributed by atoms with Crippen LogP contribution < -0.4 is 0 Å². The third-order valence-electron chi connectivity index (χ3n) is 2.42. The summed E-state index contributed by atoms with van der Waals surface area (Å²) in [4.78, 5) is 10.7. The van der Waals surface area contributed by atoms with E-state index in [4.69, 9.17) is 5.11 Å². The quantitative estimate of drug-likeness (QED) is 0.817. The fourth-order valence-electron chi connectivity index (χ4n) is 1.65. The lowest BCUT2D eigenvalue weighted by Gasteiger charge is -2.19. The van der Waals surface area contributed by atoms with E-state index in [0.717, 1.165) is 8.78 Å². The second-order valence-electron chi connectivity index (χ2n) is 4.11. The van der Waals surface area contributed by atoms with Gasteiger partial charge in [-0.2, -0.15) is 4.31 Å². The maximum absolute atomic E-state index is 12.2. The molecule has 0 aliphatic rings. The number of aliphatic carboxylic acids is 1. The van der Waals surface area contributed by atoms with Gasteiger partial charge in [0.05, 0.1) is 5.75 Å². The highest BCUT2D eigenvalue weighted by Crippen LogP contribution is 2.16. The van der Waals surface area contributed by atoms with Crippen molar-refractivity contribution >= 4 is 31.9 Å². The van der Waals surface area contributed by atoms with Crippen LogP contribution >= 0.6 is 15.9 Å². The minimum atomic E-state index is -3.62. The molecule has 0 atom stereocenters. The van der Waals surface area contributed by atoms with Gasteiger partial charge in [-0.3, -0.25) is 4.79 Å². The Kier molecular flexibility index (Phi) is 5.96. The Bertz CT molecular complexity index is 544. The molecule has 0 bridgehead atoms. The SMILES string of the molecule is CCCN(CC(=O)O)S(=O)(=O)Cc1cccc(Br)c1. The first-order valence-corrected chi connectivity index (χ1v) is 8.19. The second-order valence-corrected chi connectivity index (χ2v) is 7.00. The highest BCUT2D eigenvalue weighted by Gasteiger charge is 2.24. The fourth-order valence-corrected chi connectivity index (χ4v) is 3.64. The zero-order chi connectivity index (χ0) is 14.5. The normalized spacial score (nSPS) is 11.7. The van der Waals surface area contributed by atoms with Gasteiger partial charge >= 0.3 is 5.97 Å². The summed E-state index contributed by atoms with van der Waals surface area (Å²) < 4.78 is 26.2. The molecule has 0 radical (unpaired) electrons. The molecule has 0 amide bonds. The Morgan fingerprint density at radius 2 is 2.11 bits per heavy atom. The third kappa shape index (κ3) is 5.30. The Labute approximate surface area is 121 Å². The first kappa shape index (κ1) is 16.1. The summed E-state index contributed by atoms with van der Waals surface area (Å²) >= 11 is 3.28. The summed E-state index contributed by atoms with van der Waals surface area (Å²) in [6, 6.07) is 6.96. The lowest BCUT2D eigenvalue weighted by atomic mass is 10.2. The Hall–Kier alpha value is -0.920. The molecular formula is C12H16BrNO4S. The van der Waals surface area contributed by atoms with Crippen LogP contribution in [-0.4, -0.2) is 36.9 Å². The second kappa shape index (κ2) is 7.02. The number of carbonyl (C=O) groups is 1. The molecule has 0 spiro atoms. The van der Waals surface area contributed by atoms with Gasteiger partial charge in [0, 0.05) is 11.0 Å². The van der Waals surface area contributed by atoms with E-state index in [-0.39, 0.29) is 12.3 Å². The van der Waals surface area contributed by atoms with Crippen molar-refractivity contribution in [3.63, 3.8) is 0 Å². The molecule has 0 saturated carbocycles. The number of hydrogen-bond donors (Lipinski definition) is 1. The lowest BCUT2D eigenvalue weighted by Crippen LogP contribution is -2.37. The van der Waals surface area contributed by atoms with Crippen LogP contribution in [0.25, 0.3) is 0 Å². The fraction of sp³-hybridized carbons (Fsp3) is 0.417. The molecule has 1 aromatic carbocycles. The molecule has 1 rings (SSSR count). The molecule has 0 saturated heterocycles. The zero-order valence-electron chi connectivity index (χ0n) is 10.5. The monoisotopic (exact) mass is 349 g/mol. The number of carboxylic acids is 1. The predicted octanol–water partition coefficient (Wildman–Crippen LogP) is 2.08. The summed E-state index contributed by atoms with van der Waals surface area (Å²) in [6.45, 7) is 1.52. The first-order chi connectivity index (χ1) is 8.85. The van der Waals surface area contributed by atoms with Crippen molar-refractivity contribution in [3.05, 3.63) is 34.3 Å². The van der Waals surface area contributed by atoms with E-state index < -0.39 is 22.5 Å². The average molecular weight is 350 g/mol. The number of halogens is 1. The number of benzene rings is 1. The van der Waals surface area contributed by atoms with Crippen molar-refractivity contribution in [2.24, 2.45) is 0 Å². The van der Waals surface area contributed by atoms with Gasteiger partial charge in [-0.15, -0.1) is 0 Å². The van der Waals surface area contributed by atoms with Crippen LogP contribution in [0.15, 0.2) is 28.7 Å². The van der Waals surface area contributed by atoms with Crippen LogP contribution in [0.3, 0.4) is 0 Å². The lowest BCUT2D eigenvalue weighted by molar-refractivity contribution is -0.137. The van der Waals surface area contributed by atoms with Gasteiger partial charge in [0.25, 0.3) is 0 Å². The van der Waals surface area contributed by atoms with Crippen LogP contribution in [0.1, 0.15) is 18.9 Å². The minimum absolute atomic E-state index is 0.195. The largest absolute Gasteiger partial charge is 0.480 e. The van der Waals surface area contributed by atoms with Crippen molar-refractivity contribution in [1.82, 2.24) is 4.31 Å². The first-order valence-electron chi connectivity index (χ1n) is 5.79. The molecular weight excluding hydrogens is 334 g/mol. The number of sulfonamides is 1. The minimum Gasteiger partial charge on any atom is -0.480 e. The molecule has 106 valence electrons.